The van der Waals surface area contributed by atoms with E-state index in [-0.39, 0.29) is 16.6 Å². The van der Waals surface area contributed by atoms with Crippen molar-refractivity contribution in [1.29, 1.82) is 0 Å². The number of halogens is 1. The predicted octanol–water partition coefficient (Wildman–Crippen LogP) is 0.418. The van der Waals surface area contributed by atoms with Crippen LogP contribution in [0, 0.1) is 0 Å². The molecule has 0 unspecified atom stereocenters. The second kappa shape index (κ2) is 5.76. The quantitative estimate of drug-likeness (QED) is 0.586. The minimum absolute atomic E-state index is 0.0468. The normalized spacial score (nSPS) is 11.6. The highest BCUT2D eigenvalue weighted by molar-refractivity contribution is 7.89. The average Bonchev–Trinajstić information content (AvgIpc) is 2.53. The van der Waals surface area contributed by atoms with Gasteiger partial charge in [0, 0.05) is 13.6 Å². The lowest BCUT2D eigenvalue weighted by atomic mass is 10.3. The summed E-state index contributed by atoms with van der Waals surface area (Å²) in [5, 5.41) is 3.81. The summed E-state index contributed by atoms with van der Waals surface area (Å²) in [6.45, 7) is 0.251. The topological polar surface area (TPSA) is 90.0 Å². The van der Waals surface area contributed by atoms with E-state index in [0.717, 1.165) is 0 Å². The van der Waals surface area contributed by atoms with Gasteiger partial charge in [-0.2, -0.15) is 5.10 Å². The first-order chi connectivity index (χ1) is 7.84. The molecule has 1 rings (SSSR count). The van der Waals surface area contributed by atoms with Crippen molar-refractivity contribution in [1.82, 2.24) is 14.5 Å². The van der Waals surface area contributed by atoms with Crippen molar-refractivity contribution < 1.29 is 8.42 Å². The van der Waals surface area contributed by atoms with E-state index < -0.39 is 10.0 Å². The molecule has 0 amide bonds. The van der Waals surface area contributed by atoms with Gasteiger partial charge in [0.05, 0.1) is 16.2 Å². The number of rotatable bonds is 6. The lowest BCUT2D eigenvalue weighted by Gasteiger charge is -2.07. The van der Waals surface area contributed by atoms with Gasteiger partial charge in [-0.25, -0.2) is 13.1 Å². The van der Waals surface area contributed by atoms with Crippen LogP contribution in [-0.2, 0) is 17.1 Å². The van der Waals surface area contributed by atoms with Gasteiger partial charge in [-0.15, -0.1) is 0 Å². The Morgan fingerprint density at radius 2 is 2.35 bits per heavy atom. The zero-order valence-electron chi connectivity index (χ0n) is 9.18. The standard InChI is InChI=1S/C8H13ClN4O2S2/c1-13-8(6(9)5-11-13)17(14,15)12-4-2-3-7(10)16/h5,12H,2-4H2,1H3,(H2,10,16). The molecule has 96 valence electrons. The van der Waals surface area contributed by atoms with Gasteiger partial charge in [0.25, 0.3) is 10.0 Å². The van der Waals surface area contributed by atoms with Gasteiger partial charge in [0.1, 0.15) is 0 Å². The van der Waals surface area contributed by atoms with Crippen LogP contribution in [0.3, 0.4) is 0 Å². The summed E-state index contributed by atoms with van der Waals surface area (Å²) < 4.78 is 27.3. The summed E-state index contributed by atoms with van der Waals surface area (Å²) in [6, 6.07) is 0. The number of nitrogens with zero attached hydrogens (tertiary/aromatic N) is 2. The van der Waals surface area contributed by atoms with Crippen LogP contribution in [0.4, 0.5) is 0 Å². The fraction of sp³-hybridized carbons (Fsp3) is 0.500. The molecule has 0 radical (unpaired) electrons. The van der Waals surface area contributed by atoms with E-state index in [1.54, 1.807) is 0 Å². The Hall–Kier alpha value is -0.700. The number of hydrogen-bond acceptors (Lipinski definition) is 4. The Morgan fingerprint density at radius 1 is 1.71 bits per heavy atom. The lowest BCUT2D eigenvalue weighted by Crippen LogP contribution is -2.27. The van der Waals surface area contributed by atoms with Crippen LogP contribution in [0.5, 0.6) is 0 Å². The van der Waals surface area contributed by atoms with Crippen LogP contribution in [-0.4, -0.2) is 29.7 Å². The van der Waals surface area contributed by atoms with E-state index in [9.17, 15) is 8.42 Å². The Labute approximate surface area is 110 Å². The first-order valence-corrected chi connectivity index (χ1v) is 7.07. The maximum Gasteiger partial charge on any atom is 0.259 e. The molecule has 0 aliphatic carbocycles. The van der Waals surface area contributed by atoms with Crippen LogP contribution < -0.4 is 10.5 Å². The number of sulfonamides is 1. The van der Waals surface area contributed by atoms with E-state index in [0.29, 0.717) is 17.8 Å². The molecule has 0 aliphatic rings. The Kier molecular flexibility index (Phi) is 4.87. The number of hydrogen-bond donors (Lipinski definition) is 2. The highest BCUT2D eigenvalue weighted by atomic mass is 35.5. The highest BCUT2D eigenvalue weighted by Crippen LogP contribution is 2.19. The van der Waals surface area contributed by atoms with Crippen molar-refractivity contribution in [3.63, 3.8) is 0 Å². The molecule has 6 nitrogen and oxygen atoms in total. The zero-order valence-corrected chi connectivity index (χ0v) is 11.6. The molecule has 1 heterocycles. The molecule has 0 saturated heterocycles. The van der Waals surface area contributed by atoms with Crippen molar-refractivity contribution in [2.75, 3.05) is 6.54 Å². The average molecular weight is 297 g/mol. The van der Waals surface area contributed by atoms with E-state index >= 15 is 0 Å². The van der Waals surface area contributed by atoms with E-state index in [2.05, 4.69) is 22.0 Å². The maximum absolute atomic E-state index is 11.9. The van der Waals surface area contributed by atoms with E-state index in [1.165, 1.54) is 17.9 Å². The summed E-state index contributed by atoms with van der Waals surface area (Å²) in [4.78, 5) is 0.364. The van der Waals surface area contributed by atoms with Crippen molar-refractivity contribution in [2.45, 2.75) is 17.9 Å². The molecule has 0 saturated carbocycles. The molecule has 17 heavy (non-hydrogen) atoms. The lowest BCUT2D eigenvalue weighted by molar-refractivity contribution is 0.562. The number of nitrogens with one attached hydrogen (secondary N) is 1. The summed E-state index contributed by atoms with van der Waals surface area (Å²) in [6.07, 6.45) is 2.33. The second-order valence-electron chi connectivity index (χ2n) is 3.39. The van der Waals surface area contributed by atoms with Gasteiger partial charge in [-0.1, -0.05) is 23.8 Å². The first kappa shape index (κ1) is 14.4. The molecule has 1 aromatic rings. The van der Waals surface area contributed by atoms with E-state index in [4.69, 9.17) is 17.3 Å². The molecule has 0 aliphatic heterocycles. The largest absolute Gasteiger partial charge is 0.393 e. The van der Waals surface area contributed by atoms with Crippen molar-refractivity contribution >= 4 is 38.8 Å². The number of nitrogens with two attached hydrogens (primary N) is 1. The molecule has 9 heteroatoms. The minimum atomic E-state index is -3.64. The molecule has 1 aromatic heterocycles. The summed E-state index contributed by atoms with van der Waals surface area (Å²) >= 11 is 10.4. The third-order valence-electron chi connectivity index (χ3n) is 1.99. The third kappa shape index (κ3) is 3.91. The molecule has 0 spiro atoms. The van der Waals surface area contributed by atoms with Gasteiger partial charge in [-0.05, 0) is 12.8 Å². The van der Waals surface area contributed by atoms with Crippen LogP contribution >= 0.6 is 23.8 Å². The van der Waals surface area contributed by atoms with Crippen LogP contribution in [0.2, 0.25) is 5.02 Å². The van der Waals surface area contributed by atoms with Gasteiger partial charge in [-0.3, -0.25) is 4.68 Å². The molecule has 0 aromatic carbocycles. The number of aryl methyl sites for hydroxylation is 1. The maximum atomic E-state index is 11.9. The fourth-order valence-corrected chi connectivity index (χ4v) is 3.11. The summed E-state index contributed by atoms with van der Waals surface area (Å²) in [7, 11) is -2.13. The van der Waals surface area contributed by atoms with Crippen LogP contribution in [0.1, 0.15) is 12.8 Å². The van der Waals surface area contributed by atoms with Crippen LogP contribution in [0.15, 0.2) is 11.2 Å². The number of aromatic nitrogens is 2. The van der Waals surface area contributed by atoms with Crippen LogP contribution in [0.25, 0.3) is 0 Å². The number of thiocarbonyl (C=S) groups is 1. The van der Waals surface area contributed by atoms with Crippen molar-refractivity contribution in [3.8, 4) is 0 Å². The monoisotopic (exact) mass is 296 g/mol. The highest BCUT2D eigenvalue weighted by Gasteiger charge is 2.21. The third-order valence-corrected chi connectivity index (χ3v) is 4.16. The molecule has 0 fully saturated rings. The van der Waals surface area contributed by atoms with Gasteiger partial charge < -0.3 is 5.73 Å². The Bertz CT molecular complexity index is 492. The van der Waals surface area contributed by atoms with Gasteiger partial charge in [0.2, 0.25) is 0 Å². The molecule has 0 atom stereocenters. The molecule has 3 N–H and O–H groups in total. The second-order valence-corrected chi connectivity index (χ2v) is 6.00. The molecular weight excluding hydrogens is 284 g/mol. The summed E-state index contributed by atoms with van der Waals surface area (Å²) in [5.41, 5.74) is 5.30. The molecular formula is C8H13ClN4O2S2. The Morgan fingerprint density at radius 3 is 2.82 bits per heavy atom. The Balaban J connectivity index is 2.67. The van der Waals surface area contributed by atoms with Gasteiger partial charge >= 0.3 is 0 Å². The summed E-state index contributed by atoms with van der Waals surface area (Å²) in [5.74, 6) is 0. The van der Waals surface area contributed by atoms with Crippen molar-refractivity contribution in [2.24, 2.45) is 12.8 Å². The van der Waals surface area contributed by atoms with E-state index in [1.807, 2.05) is 0 Å². The fourth-order valence-electron chi connectivity index (χ4n) is 1.24. The van der Waals surface area contributed by atoms with Crippen molar-refractivity contribution in [3.05, 3.63) is 11.2 Å². The smallest absolute Gasteiger partial charge is 0.259 e. The van der Waals surface area contributed by atoms with Gasteiger partial charge in [0.15, 0.2) is 5.03 Å². The minimum Gasteiger partial charge on any atom is -0.393 e. The first-order valence-electron chi connectivity index (χ1n) is 4.80. The molecule has 0 bridgehead atoms. The zero-order chi connectivity index (χ0) is 13.1. The SMILES string of the molecule is Cn1ncc(Cl)c1S(=O)(=O)NCCCC(N)=S. The predicted molar refractivity (Wildman–Crippen MR) is 69.4 cm³/mol.